The SMILES string of the molecule is CCc1ccc(S(=O)(=O)NC[C@]2(O)CCCc3cc(OC)ccc32)s1. The Hall–Kier alpha value is -1.41. The Bertz CT molecular complexity index is 860. The number of rotatable bonds is 6. The first-order chi connectivity index (χ1) is 11.9. The molecule has 0 spiro atoms. The van der Waals surface area contributed by atoms with Gasteiger partial charge in [-0.05, 0) is 61.1 Å². The van der Waals surface area contributed by atoms with E-state index in [4.69, 9.17) is 4.74 Å². The van der Waals surface area contributed by atoms with Crippen LogP contribution in [0.5, 0.6) is 5.75 Å². The van der Waals surface area contributed by atoms with Gasteiger partial charge in [0, 0.05) is 11.4 Å². The summed E-state index contributed by atoms with van der Waals surface area (Å²) in [6.45, 7) is 1.96. The van der Waals surface area contributed by atoms with Crippen LogP contribution in [0.1, 0.15) is 35.8 Å². The van der Waals surface area contributed by atoms with Gasteiger partial charge < -0.3 is 9.84 Å². The molecule has 3 rings (SSSR count). The van der Waals surface area contributed by atoms with Gasteiger partial charge in [-0.3, -0.25) is 0 Å². The van der Waals surface area contributed by atoms with Crippen LogP contribution < -0.4 is 9.46 Å². The second-order valence-electron chi connectivity index (χ2n) is 6.31. The van der Waals surface area contributed by atoms with Crippen LogP contribution in [-0.4, -0.2) is 27.2 Å². The summed E-state index contributed by atoms with van der Waals surface area (Å²) in [5.74, 6) is 0.745. The third-order valence-electron chi connectivity index (χ3n) is 4.66. The smallest absolute Gasteiger partial charge is 0.250 e. The summed E-state index contributed by atoms with van der Waals surface area (Å²) in [7, 11) is -2.01. The molecular weight excluding hydrogens is 358 g/mol. The molecule has 0 saturated carbocycles. The number of sulfonamides is 1. The summed E-state index contributed by atoms with van der Waals surface area (Å²) in [6, 6.07) is 9.00. The molecule has 2 aromatic rings. The van der Waals surface area contributed by atoms with Crippen LogP contribution in [0.15, 0.2) is 34.5 Å². The van der Waals surface area contributed by atoms with Gasteiger partial charge in [-0.15, -0.1) is 11.3 Å². The van der Waals surface area contributed by atoms with E-state index < -0.39 is 15.6 Å². The van der Waals surface area contributed by atoms with Crippen LogP contribution in [0.25, 0.3) is 0 Å². The Morgan fingerprint density at radius 1 is 1.32 bits per heavy atom. The maximum absolute atomic E-state index is 12.5. The number of thiophene rings is 1. The molecule has 0 saturated heterocycles. The van der Waals surface area contributed by atoms with Crippen molar-refractivity contribution >= 4 is 21.4 Å². The largest absolute Gasteiger partial charge is 0.497 e. The predicted molar refractivity (Wildman–Crippen MR) is 98.7 cm³/mol. The highest BCUT2D eigenvalue weighted by Crippen LogP contribution is 2.37. The van der Waals surface area contributed by atoms with Gasteiger partial charge in [0.15, 0.2) is 0 Å². The molecule has 0 radical (unpaired) electrons. The Morgan fingerprint density at radius 3 is 2.80 bits per heavy atom. The number of methoxy groups -OCH3 is 1. The summed E-state index contributed by atoms with van der Waals surface area (Å²) < 4.78 is 33.2. The molecule has 136 valence electrons. The van der Waals surface area contributed by atoms with Crippen LogP contribution in [0.4, 0.5) is 0 Å². The number of fused-ring (bicyclic) bond motifs is 1. The first-order valence-electron chi connectivity index (χ1n) is 8.36. The van der Waals surface area contributed by atoms with Crippen molar-refractivity contribution in [2.45, 2.75) is 42.4 Å². The predicted octanol–water partition coefficient (Wildman–Crippen LogP) is 2.82. The van der Waals surface area contributed by atoms with Crippen LogP contribution in [-0.2, 0) is 28.5 Å². The molecule has 7 heteroatoms. The molecule has 1 aliphatic rings. The fourth-order valence-electron chi connectivity index (χ4n) is 3.23. The minimum atomic E-state index is -3.62. The fraction of sp³-hybridized carbons (Fsp3) is 0.444. The number of ether oxygens (including phenoxy) is 1. The maximum atomic E-state index is 12.5. The molecule has 0 unspecified atom stereocenters. The molecule has 0 fully saturated rings. The number of hydrogen-bond donors (Lipinski definition) is 2. The first-order valence-corrected chi connectivity index (χ1v) is 10.7. The van der Waals surface area contributed by atoms with Crippen LogP contribution in [0, 0.1) is 0 Å². The van der Waals surface area contributed by atoms with E-state index in [1.165, 1.54) is 11.3 Å². The van der Waals surface area contributed by atoms with Gasteiger partial charge in [-0.1, -0.05) is 13.0 Å². The van der Waals surface area contributed by atoms with E-state index in [0.29, 0.717) is 10.6 Å². The molecule has 1 heterocycles. The highest BCUT2D eigenvalue weighted by atomic mass is 32.2. The van der Waals surface area contributed by atoms with E-state index in [0.717, 1.165) is 41.0 Å². The second kappa shape index (κ2) is 7.07. The van der Waals surface area contributed by atoms with Crippen molar-refractivity contribution in [3.8, 4) is 5.75 Å². The average Bonchev–Trinajstić information content (AvgIpc) is 3.10. The fourth-order valence-corrected chi connectivity index (χ4v) is 5.66. The van der Waals surface area contributed by atoms with Crippen LogP contribution >= 0.6 is 11.3 Å². The van der Waals surface area contributed by atoms with E-state index in [1.54, 1.807) is 19.2 Å². The molecule has 0 bridgehead atoms. The molecule has 5 nitrogen and oxygen atoms in total. The molecule has 0 amide bonds. The maximum Gasteiger partial charge on any atom is 0.250 e. The third-order valence-corrected chi connectivity index (χ3v) is 7.78. The second-order valence-corrected chi connectivity index (χ2v) is 9.47. The molecule has 1 aromatic carbocycles. The summed E-state index contributed by atoms with van der Waals surface area (Å²) in [4.78, 5) is 1.02. The standard InChI is InChI=1S/C18H23NO4S2/c1-3-15-7-9-17(24-15)25(21,22)19-12-18(20)10-4-5-13-11-14(23-2)6-8-16(13)18/h6-9,11,19-20H,3-5,10,12H2,1-2H3/t18-/m1/s1. The lowest BCUT2D eigenvalue weighted by Crippen LogP contribution is -2.42. The van der Waals surface area contributed by atoms with Crippen molar-refractivity contribution in [3.05, 3.63) is 46.3 Å². The van der Waals surface area contributed by atoms with Gasteiger partial charge in [0.1, 0.15) is 15.6 Å². The van der Waals surface area contributed by atoms with E-state index in [2.05, 4.69) is 4.72 Å². The number of benzene rings is 1. The molecule has 25 heavy (non-hydrogen) atoms. The Labute approximate surface area is 152 Å². The minimum Gasteiger partial charge on any atom is -0.497 e. The number of hydrogen-bond acceptors (Lipinski definition) is 5. The van der Waals surface area contributed by atoms with Crippen molar-refractivity contribution in [1.82, 2.24) is 4.72 Å². The lowest BCUT2D eigenvalue weighted by atomic mass is 9.79. The minimum absolute atomic E-state index is 0.0337. The molecule has 1 aliphatic carbocycles. The van der Waals surface area contributed by atoms with Crippen molar-refractivity contribution in [2.24, 2.45) is 0 Å². The molecule has 1 atom stereocenters. The van der Waals surface area contributed by atoms with Crippen LogP contribution in [0.3, 0.4) is 0 Å². The highest BCUT2D eigenvalue weighted by Gasteiger charge is 2.36. The topological polar surface area (TPSA) is 75.6 Å². The van der Waals surface area contributed by atoms with Crippen molar-refractivity contribution < 1.29 is 18.3 Å². The highest BCUT2D eigenvalue weighted by molar-refractivity contribution is 7.91. The van der Waals surface area contributed by atoms with Crippen molar-refractivity contribution in [1.29, 1.82) is 0 Å². The van der Waals surface area contributed by atoms with E-state index >= 15 is 0 Å². The normalized spacial score (nSPS) is 20.3. The molecule has 1 aromatic heterocycles. The zero-order valence-electron chi connectivity index (χ0n) is 14.4. The van der Waals surface area contributed by atoms with Gasteiger partial charge in [-0.25, -0.2) is 13.1 Å². The quantitative estimate of drug-likeness (QED) is 0.807. The summed E-state index contributed by atoms with van der Waals surface area (Å²) >= 11 is 1.27. The Kier molecular flexibility index (Phi) is 5.20. The van der Waals surface area contributed by atoms with E-state index in [1.807, 2.05) is 25.1 Å². The molecule has 0 aliphatic heterocycles. The lowest BCUT2D eigenvalue weighted by Gasteiger charge is -2.34. The van der Waals surface area contributed by atoms with E-state index in [9.17, 15) is 13.5 Å². The van der Waals surface area contributed by atoms with Crippen LogP contribution in [0.2, 0.25) is 0 Å². The van der Waals surface area contributed by atoms with E-state index in [-0.39, 0.29) is 6.54 Å². The number of nitrogens with one attached hydrogen (secondary N) is 1. The van der Waals surface area contributed by atoms with Gasteiger partial charge >= 0.3 is 0 Å². The molecule has 2 N–H and O–H groups in total. The average molecular weight is 382 g/mol. The van der Waals surface area contributed by atoms with Gasteiger partial charge in [0.05, 0.1) is 7.11 Å². The summed E-state index contributed by atoms with van der Waals surface area (Å²) in [6.07, 6.45) is 2.99. The number of aliphatic hydroxyl groups is 1. The monoisotopic (exact) mass is 381 g/mol. The Morgan fingerprint density at radius 2 is 2.12 bits per heavy atom. The Balaban J connectivity index is 1.81. The van der Waals surface area contributed by atoms with Crippen molar-refractivity contribution in [2.75, 3.05) is 13.7 Å². The summed E-state index contributed by atoms with van der Waals surface area (Å²) in [5.41, 5.74) is 0.594. The zero-order chi connectivity index (χ0) is 18.1. The summed E-state index contributed by atoms with van der Waals surface area (Å²) in [5, 5.41) is 11.1. The van der Waals surface area contributed by atoms with Crippen molar-refractivity contribution in [3.63, 3.8) is 0 Å². The number of aryl methyl sites for hydroxylation is 2. The van der Waals surface area contributed by atoms with Gasteiger partial charge in [0.25, 0.3) is 0 Å². The molecular formula is C18H23NO4S2. The third kappa shape index (κ3) is 3.74. The van der Waals surface area contributed by atoms with Gasteiger partial charge in [-0.2, -0.15) is 0 Å². The van der Waals surface area contributed by atoms with Gasteiger partial charge in [0.2, 0.25) is 10.0 Å². The first kappa shape index (κ1) is 18.4. The lowest BCUT2D eigenvalue weighted by molar-refractivity contribution is 0.0242. The zero-order valence-corrected chi connectivity index (χ0v) is 16.0.